The lowest BCUT2D eigenvalue weighted by Crippen LogP contribution is -3.12. The van der Waals surface area contributed by atoms with Crippen molar-refractivity contribution in [2.75, 3.05) is 45.2 Å². The van der Waals surface area contributed by atoms with Gasteiger partial charge in [-0.2, -0.15) is 4.31 Å². The van der Waals surface area contributed by atoms with Crippen LogP contribution in [-0.4, -0.2) is 58.5 Å². The number of anilines is 1. The second-order valence-corrected chi connectivity index (χ2v) is 9.51. The first kappa shape index (κ1) is 21.6. The van der Waals surface area contributed by atoms with E-state index in [9.17, 15) is 13.2 Å². The highest BCUT2D eigenvalue weighted by Gasteiger charge is 2.29. The van der Waals surface area contributed by atoms with Crippen LogP contribution in [0.2, 0.25) is 5.02 Å². The van der Waals surface area contributed by atoms with Crippen LogP contribution in [0.5, 0.6) is 5.75 Å². The molecule has 0 spiro atoms. The Morgan fingerprint density at radius 1 is 1.17 bits per heavy atom. The smallest absolute Gasteiger partial charge is 0.262 e. The van der Waals surface area contributed by atoms with Crippen molar-refractivity contribution in [2.24, 2.45) is 0 Å². The summed E-state index contributed by atoms with van der Waals surface area (Å²) in [5.74, 6) is 0.247. The lowest BCUT2D eigenvalue weighted by Gasteiger charge is -2.29. The number of sulfonamides is 1. The van der Waals surface area contributed by atoms with Crippen molar-refractivity contribution in [1.29, 1.82) is 0 Å². The molecule has 29 heavy (non-hydrogen) atoms. The SMILES string of the molecule is Cc1cc(Cl)ccc1OCC(=O)Nc1ccc(S(=O)(=O)N2CC[NH+](C)CC2)cc1. The standard InChI is InChI=1S/C20H24ClN3O4S/c1-15-13-16(21)3-8-19(15)28-14-20(25)22-17-4-6-18(7-5-17)29(26,27)24-11-9-23(2)10-12-24/h3-8,13H,9-12,14H2,1-2H3,(H,22,25)/p+1. The fourth-order valence-electron chi connectivity index (χ4n) is 3.08. The number of halogens is 1. The van der Waals surface area contributed by atoms with E-state index in [0.717, 1.165) is 18.7 Å². The minimum atomic E-state index is -3.51. The fraction of sp³-hybridized carbons (Fsp3) is 0.350. The fourth-order valence-corrected chi connectivity index (χ4v) is 4.75. The van der Waals surface area contributed by atoms with E-state index in [1.54, 1.807) is 30.3 Å². The second kappa shape index (κ2) is 9.13. The molecule has 9 heteroatoms. The van der Waals surface area contributed by atoms with Gasteiger partial charge in [0.05, 0.1) is 38.1 Å². The van der Waals surface area contributed by atoms with Crippen LogP contribution in [0.25, 0.3) is 0 Å². The van der Waals surface area contributed by atoms with Gasteiger partial charge in [-0.3, -0.25) is 4.79 Å². The Morgan fingerprint density at radius 3 is 2.45 bits per heavy atom. The number of amides is 1. The Labute approximate surface area is 176 Å². The summed E-state index contributed by atoms with van der Waals surface area (Å²) in [7, 11) is -1.46. The van der Waals surface area contributed by atoms with E-state index in [1.165, 1.54) is 21.3 Å². The summed E-state index contributed by atoms with van der Waals surface area (Å²) in [6.45, 7) is 4.29. The van der Waals surface area contributed by atoms with Crippen molar-refractivity contribution < 1.29 is 22.8 Å². The molecule has 0 unspecified atom stereocenters. The van der Waals surface area contributed by atoms with E-state index in [-0.39, 0.29) is 17.4 Å². The summed E-state index contributed by atoms with van der Waals surface area (Å²) in [6.07, 6.45) is 0. The van der Waals surface area contributed by atoms with Crippen LogP contribution in [0.1, 0.15) is 5.56 Å². The molecule has 1 fully saturated rings. The van der Waals surface area contributed by atoms with Crippen LogP contribution in [0.3, 0.4) is 0 Å². The van der Waals surface area contributed by atoms with Gasteiger partial charge < -0.3 is 15.0 Å². The Balaban J connectivity index is 1.57. The van der Waals surface area contributed by atoms with Crippen molar-refractivity contribution in [1.82, 2.24) is 4.31 Å². The van der Waals surface area contributed by atoms with Gasteiger partial charge in [-0.05, 0) is 55.0 Å². The van der Waals surface area contributed by atoms with E-state index in [1.807, 2.05) is 6.92 Å². The predicted octanol–water partition coefficient (Wildman–Crippen LogP) is 1.18. The zero-order valence-electron chi connectivity index (χ0n) is 16.4. The molecule has 0 atom stereocenters. The van der Waals surface area contributed by atoms with Gasteiger partial charge in [0.15, 0.2) is 6.61 Å². The zero-order valence-corrected chi connectivity index (χ0v) is 18.0. The number of benzene rings is 2. The molecule has 0 saturated carbocycles. The summed E-state index contributed by atoms with van der Waals surface area (Å²) in [5, 5.41) is 3.31. The predicted molar refractivity (Wildman–Crippen MR) is 112 cm³/mol. The minimum absolute atomic E-state index is 0.161. The molecule has 2 N–H and O–H groups in total. The third kappa shape index (κ3) is 5.48. The van der Waals surface area contributed by atoms with Crippen LogP contribution >= 0.6 is 11.6 Å². The number of hydrogen-bond donors (Lipinski definition) is 2. The molecular formula is C20H25ClN3O4S+. The molecule has 1 aliphatic heterocycles. The summed E-state index contributed by atoms with van der Waals surface area (Å²) < 4.78 is 32.5. The Bertz CT molecular complexity index is 972. The summed E-state index contributed by atoms with van der Waals surface area (Å²) in [6, 6.07) is 11.4. The Morgan fingerprint density at radius 2 is 1.83 bits per heavy atom. The third-order valence-corrected chi connectivity index (χ3v) is 7.00. The van der Waals surface area contributed by atoms with E-state index >= 15 is 0 Å². The van der Waals surface area contributed by atoms with Gasteiger partial charge in [-0.15, -0.1) is 0 Å². The average Bonchev–Trinajstić information content (AvgIpc) is 2.68. The molecule has 0 aliphatic carbocycles. The monoisotopic (exact) mass is 438 g/mol. The molecule has 0 radical (unpaired) electrons. The van der Waals surface area contributed by atoms with Crippen molar-refractivity contribution in [2.45, 2.75) is 11.8 Å². The topological polar surface area (TPSA) is 80.1 Å². The number of piperazine rings is 1. The molecule has 156 valence electrons. The van der Waals surface area contributed by atoms with Gasteiger partial charge in [-0.1, -0.05) is 11.6 Å². The number of aryl methyl sites for hydroxylation is 1. The molecule has 3 rings (SSSR count). The van der Waals surface area contributed by atoms with Crippen LogP contribution in [0.15, 0.2) is 47.4 Å². The van der Waals surface area contributed by atoms with Gasteiger partial charge in [0.1, 0.15) is 5.75 Å². The number of rotatable bonds is 6. The molecule has 1 saturated heterocycles. The summed E-state index contributed by atoms with van der Waals surface area (Å²) in [4.78, 5) is 13.7. The van der Waals surface area contributed by atoms with E-state index in [2.05, 4.69) is 12.4 Å². The Hall–Kier alpha value is -2.13. The molecule has 0 aromatic heterocycles. The molecule has 2 aromatic rings. The number of hydrogen-bond acceptors (Lipinski definition) is 4. The molecular weight excluding hydrogens is 414 g/mol. The number of ether oxygens (including phenoxy) is 1. The van der Waals surface area contributed by atoms with Crippen molar-refractivity contribution in [3.8, 4) is 5.75 Å². The highest BCUT2D eigenvalue weighted by Crippen LogP contribution is 2.22. The van der Waals surface area contributed by atoms with Crippen molar-refractivity contribution in [3.05, 3.63) is 53.1 Å². The second-order valence-electron chi connectivity index (χ2n) is 7.13. The number of carbonyl (C=O) groups excluding carboxylic acids is 1. The van der Waals surface area contributed by atoms with Gasteiger partial charge >= 0.3 is 0 Å². The summed E-state index contributed by atoms with van der Waals surface area (Å²) >= 11 is 5.91. The first-order chi connectivity index (χ1) is 13.8. The van der Waals surface area contributed by atoms with Gasteiger partial charge in [0.2, 0.25) is 10.0 Å². The van der Waals surface area contributed by atoms with Crippen LogP contribution in [0.4, 0.5) is 5.69 Å². The zero-order chi connectivity index (χ0) is 21.0. The normalized spacial score (nSPS) is 15.8. The molecule has 1 heterocycles. The van der Waals surface area contributed by atoms with Crippen molar-refractivity contribution in [3.63, 3.8) is 0 Å². The molecule has 0 bridgehead atoms. The van der Waals surface area contributed by atoms with Crippen LogP contribution < -0.4 is 15.0 Å². The van der Waals surface area contributed by atoms with Gasteiger partial charge in [-0.25, -0.2) is 8.42 Å². The number of likely N-dealkylation sites (N-methyl/N-ethyl adjacent to an activating group) is 1. The quantitative estimate of drug-likeness (QED) is 0.710. The summed E-state index contributed by atoms with van der Waals surface area (Å²) in [5.41, 5.74) is 1.35. The number of quaternary nitrogens is 1. The maximum absolute atomic E-state index is 12.7. The lowest BCUT2D eigenvalue weighted by molar-refractivity contribution is -0.883. The molecule has 7 nitrogen and oxygen atoms in total. The van der Waals surface area contributed by atoms with E-state index < -0.39 is 10.0 Å². The largest absolute Gasteiger partial charge is 0.483 e. The third-order valence-electron chi connectivity index (χ3n) is 4.85. The lowest BCUT2D eigenvalue weighted by atomic mass is 10.2. The van der Waals surface area contributed by atoms with Gasteiger partial charge in [0, 0.05) is 10.7 Å². The van der Waals surface area contributed by atoms with Crippen LogP contribution in [-0.2, 0) is 14.8 Å². The first-order valence-electron chi connectivity index (χ1n) is 9.36. The number of nitrogens with zero attached hydrogens (tertiary/aromatic N) is 1. The Kier molecular flexibility index (Phi) is 6.79. The first-order valence-corrected chi connectivity index (χ1v) is 11.2. The van der Waals surface area contributed by atoms with Gasteiger partial charge in [0.25, 0.3) is 5.91 Å². The van der Waals surface area contributed by atoms with Crippen molar-refractivity contribution >= 4 is 33.2 Å². The highest BCUT2D eigenvalue weighted by molar-refractivity contribution is 7.89. The van der Waals surface area contributed by atoms with Crippen LogP contribution in [0, 0.1) is 6.92 Å². The molecule has 1 aliphatic rings. The average molecular weight is 439 g/mol. The molecule has 1 amide bonds. The minimum Gasteiger partial charge on any atom is -0.483 e. The molecule has 2 aromatic carbocycles. The maximum Gasteiger partial charge on any atom is 0.262 e. The van der Waals surface area contributed by atoms with E-state index in [0.29, 0.717) is 29.5 Å². The maximum atomic E-state index is 12.7. The number of nitrogens with one attached hydrogen (secondary N) is 2. The van der Waals surface area contributed by atoms with E-state index in [4.69, 9.17) is 16.3 Å². The number of carbonyl (C=O) groups is 1. The highest BCUT2D eigenvalue weighted by atomic mass is 35.5.